The minimum atomic E-state index is -0.154. The first kappa shape index (κ1) is 19.3. The highest BCUT2D eigenvalue weighted by molar-refractivity contribution is 7.71. The summed E-state index contributed by atoms with van der Waals surface area (Å²) in [6.07, 6.45) is 4.31. The lowest BCUT2D eigenvalue weighted by Crippen LogP contribution is -2.23. The molecule has 0 aliphatic carbocycles. The highest BCUT2D eigenvalue weighted by Crippen LogP contribution is 2.34. The van der Waals surface area contributed by atoms with E-state index in [2.05, 4.69) is 10.3 Å². The van der Waals surface area contributed by atoms with Crippen molar-refractivity contribution in [2.45, 2.75) is 38.8 Å². The number of benzene rings is 1. The Bertz CT molecular complexity index is 1130. The maximum atomic E-state index is 12.8. The monoisotopic (exact) mass is 415 g/mol. The molecule has 0 saturated heterocycles. The molecule has 1 aliphatic heterocycles. The summed E-state index contributed by atoms with van der Waals surface area (Å²) in [5.41, 5.74) is 0.479. The van der Waals surface area contributed by atoms with Crippen LogP contribution in [0, 0.1) is 4.77 Å². The van der Waals surface area contributed by atoms with E-state index in [1.54, 1.807) is 29.0 Å². The number of hydrogen-bond donors (Lipinski definition) is 2. The Labute approximate surface area is 171 Å². The van der Waals surface area contributed by atoms with Gasteiger partial charge in [-0.1, -0.05) is 6.42 Å². The van der Waals surface area contributed by atoms with Gasteiger partial charge in [-0.2, -0.15) is 0 Å². The molecule has 0 radical (unpaired) electrons. The van der Waals surface area contributed by atoms with Gasteiger partial charge in [-0.05, 0) is 43.3 Å². The molecule has 0 spiro atoms. The van der Waals surface area contributed by atoms with Crippen molar-refractivity contribution in [3.8, 4) is 11.5 Å². The molecular formula is C20H21N3O5S. The predicted octanol–water partition coefficient (Wildman–Crippen LogP) is 3.26. The highest BCUT2D eigenvalue weighted by atomic mass is 32.1. The first-order valence-electron chi connectivity index (χ1n) is 9.47. The van der Waals surface area contributed by atoms with Gasteiger partial charge in [0.1, 0.15) is 5.76 Å². The van der Waals surface area contributed by atoms with Gasteiger partial charge in [0.2, 0.25) is 12.7 Å². The molecule has 152 valence electrons. The van der Waals surface area contributed by atoms with Gasteiger partial charge in [-0.3, -0.25) is 14.2 Å². The number of aromatic amines is 1. The molecule has 3 aromatic rings. The summed E-state index contributed by atoms with van der Waals surface area (Å²) < 4.78 is 17.8. The summed E-state index contributed by atoms with van der Waals surface area (Å²) in [6, 6.07) is 7.03. The van der Waals surface area contributed by atoms with E-state index in [1.165, 1.54) is 0 Å². The Morgan fingerprint density at radius 2 is 2.03 bits per heavy atom. The van der Waals surface area contributed by atoms with Crippen LogP contribution in [0.5, 0.6) is 11.5 Å². The number of hydrogen-bond acceptors (Lipinski definition) is 6. The molecule has 0 bridgehead atoms. The Hall–Kier alpha value is -3.07. The zero-order chi connectivity index (χ0) is 20.2. The summed E-state index contributed by atoms with van der Waals surface area (Å²) >= 11 is 5.35. The van der Waals surface area contributed by atoms with Gasteiger partial charge < -0.3 is 24.2 Å². The number of rotatable bonds is 8. The van der Waals surface area contributed by atoms with Crippen LogP contribution in [-0.2, 0) is 17.9 Å². The van der Waals surface area contributed by atoms with Gasteiger partial charge in [0.15, 0.2) is 16.3 Å². The second-order valence-electron chi connectivity index (χ2n) is 6.80. The number of ether oxygens (including phenoxy) is 2. The van der Waals surface area contributed by atoms with Crippen LogP contribution < -0.4 is 20.3 Å². The van der Waals surface area contributed by atoms with Crippen molar-refractivity contribution >= 4 is 29.0 Å². The molecule has 1 aromatic carbocycles. The van der Waals surface area contributed by atoms with E-state index in [1.807, 2.05) is 6.07 Å². The lowest BCUT2D eigenvalue weighted by molar-refractivity contribution is -0.121. The van der Waals surface area contributed by atoms with E-state index in [9.17, 15) is 9.59 Å². The molecule has 1 aliphatic rings. The topological polar surface area (TPSA) is 98.5 Å². The van der Waals surface area contributed by atoms with Crippen molar-refractivity contribution < 1.29 is 18.7 Å². The fourth-order valence-corrected chi connectivity index (χ4v) is 3.55. The quantitative estimate of drug-likeness (QED) is 0.433. The number of fused-ring (bicyclic) bond motifs is 2. The maximum Gasteiger partial charge on any atom is 0.262 e. The molecule has 4 rings (SSSR count). The minimum Gasteiger partial charge on any atom is -0.467 e. The lowest BCUT2D eigenvalue weighted by atomic mass is 10.2. The van der Waals surface area contributed by atoms with E-state index >= 15 is 0 Å². The predicted molar refractivity (Wildman–Crippen MR) is 109 cm³/mol. The van der Waals surface area contributed by atoms with Gasteiger partial charge >= 0.3 is 0 Å². The fraction of sp³-hybridized carbons (Fsp3) is 0.350. The van der Waals surface area contributed by atoms with Crippen molar-refractivity contribution in [1.29, 1.82) is 0 Å². The second-order valence-corrected chi connectivity index (χ2v) is 7.19. The van der Waals surface area contributed by atoms with Crippen LogP contribution in [0.1, 0.15) is 31.4 Å². The van der Waals surface area contributed by atoms with Crippen molar-refractivity contribution in [3.63, 3.8) is 0 Å². The molecule has 0 unspecified atom stereocenters. The Balaban J connectivity index is 1.30. The van der Waals surface area contributed by atoms with E-state index in [0.29, 0.717) is 46.7 Å². The van der Waals surface area contributed by atoms with E-state index in [-0.39, 0.29) is 18.3 Å². The first-order chi connectivity index (χ1) is 14.1. The number of nitrogens with one attached hydrogen (secondary N) is 2. The zero-order valence-electron chi connectivity index (χ0n) is 15.7. The zero-order valence-corrected chi connectivity index (χ0v) is 16.5. The van der Waals surface area contributed by atoms with Crippen molar-refractivity contribution in [1.82, 2.24) is 14.9 Å². The van der Waals surface area contributed by atoms with Gasteiger partial charge in [-0.25, -0.2) is 0 Å². The summed E-state index contributed by atoms with van der Waals surface area (Å²) in [7, 11) is 0. The summed E-state index contributed by atoms with van der Waals surface area (Å²) in [5.74, 6) is 1.88. The number of amides is 1. The Morgan fingerprint density at radius 3 is 2.83 bits per heavy atom. The summed E-state index contributed by atoms with van der Waals surface area (Å²) in [5, 5.41) is 3.33. The highest BCUT2D eigenvalue weighted by Gasteiger charge is 2.17. The maximum absolute atomic E-state index is 12.8. The van der Waals surface area contributed by atoms with Gasteiger partial charge in [-0.15, -0.1) is 0 Å². The molecule has 0 fully saturated rings. The van der Waals surface area contributed by atoms with E-state index in [0.717, 1.165) is 25.0 Å². The van der Waals surface area contributed by atoms with Crippen LogP contribution >= 0.6 is 12.2 Å². The largest absolute Gasteiger partial charge is 0.467 e. The van der Waals surface area contributed by atoms with E-state index in [4.69, 9.17) is 26.1 Å². The van der Waals surface area contributed by atoms with Gasteiger partial charge in [0.05, 0.1) is 23.7 Å². The average molecular weight is 415 g/mol. The minimum absolute atomic E-state index is 0.0161. The Morgan fingerprint density at radius 1 is 1.21 bits per heavy atom. The normalized spacial score (nSPS) is 12.4. The first-order valence-corrected chi connectivity index (χ1v) is 9.88. The number of H-pyrrole nitrogens is 1. The molecule has 9 heteroatoms. The van der Waals surface area contributed by atoms with Crippen molar-refractivity contribution in [2.75, 3.05) is 6.79 Å². The molecular weight excluding hydrogens is 394 g/mol. The molecule has 8 nitrogen and oxygen atoms in total. The number of unbranched alkanes of at least 4 members (excludes halogenated alkanes) is 2. The number of aromatic nitrogens is 2. The molecule has 0 atom stereocenters. The third-order valence-corrected chi connectivity index (χ3v) is 5.12. The van der Waals surface area contributed by atoms with E-state index < -0.39 is 0 Å². The summed E-state index contributed by atoms with van der Waals surface area (Å²) in [4.78, 5) is 27.8. The molecule has 29 heavy (non-hydrogen) atoms. The average Bonchev–Trinajstić information content (AvgIpc) is 3.38. The van der Waals surface area contributed by atoms with Crippen molar-refractivity contribution in [3.05, 3.63) is 51.4 Å². The standard InChI is InChI=1S/C20H21N3O5S/c24-18(21-11-13-5-4-8-26-13)6-2-1-3-7-23-19(25)14-9-16-17(28-12-27-16)10-15(14)22-20(23)29/h4-5,8-10H,1-3,6-7,11-12H2,(H,21,24)(H,22,29). The number of carbonyl (C=O) groups is 1. The summed E-state index contributed by atoms with van der Waals surface area (Å²) in [6.45, 7) is 1.04. The molecule has 2 aromatic heterocycles. The van der Waals surface area contributed by atoms with Crippen LogP contribution in [0.2, 0.25) is 0 Å². The fourth-order valence-electron chi connectivity index (χ4n) is 3.27. The lowest BCUT2D eigenvalue weighted by Gasteiger charge is -2.09. The second kappa shape index (κ2) is 8.52. The molecule has 0 saturated carbocycles. The van der Waals surface area contributed by atoms with Crippen LogP contribution in [0.4, 0.5) is 0 Å². The van der Waals surface area contributed by atoms with Crippen molar-refractivity contribution in [2.24, 2.45) is 0 Å². The van der Waals surface area contributed by atoms with Crippen LogP contribution in [0.3, 0.4) is 0 Å². The smallest absolute Gasteiger partial charge is 0.262 e. The number of nitrogens with zero attached hydrogens (tertiary/aromatic N) is 1. The number of furan rings is 1. The molecule has 1 amide bonds. The Kier molecular flexibility index (Phi) is 5.66. The molecule has 2 N–H and O–H groups in total. The van der Waals surface area contributed by atoms with Gasteiger partial charge in [0.25, 0.3) is 5.56 Å². The third-order valence-electron chi connectivity index (χ3n) is 4.80. The number of carbonyl (C=O) groups excluding carboxylic acids is 1. The van der Waals surface area contributed by atoms with Crippen LogP contribution in [0.25, 0.3) is 10.9 Å². The van der Waals surface area contributed by atoms with Gasteiger partial charge in [0, 0.05) is 19.0 Å². The molecule has 3 heterocycles. The van der Waals surface area contributed by atoms with Crippen LogP contribution in [0.15, 0.2) is 39.7 Å². The third kappa shape index (κ3) is 4.34. The SMILES string of the molecule is O=C(CCCCCn1c(=S)[nH]c2cc3c(cc2c1=O)OCO3)NCc1ccco1. The van der Waals surface area contributed by atoms with Crippen LogP contribution in [-0.4, -0.2) is 22.3 Å².